The topological polar surface area (TPSA) is 89.3 Å². The maximum atomic E-state index is 11.2. The minimum Gasteiger partial charge on any atom is -0.398 e. The second-order valence-corrected chi connectivity index (χ2v) is 5.28. The van der Waals surface area contributed by atoms with E-state index in [2.05, 4.69) is 13.0 Å². The van der Waals surface area contributed by atoms with Crippen molar-refractivity contribution in [3.8, 4) is 0 Å². The molecule has 0 saturated heterocycles. The predicted octanol–water partition coefficient (Wildman–Crippen LogP) is 2.58. The van der Waals surface area contributed by atoms with Crippen LogP contribution >= 0.6 is 0 Å². The fourth-order valence-electron chi connectivity index (χ4n) is 1.93. The molecule has 21 heavy (non-hydrogen) atoms. The van der Waals surface area contributed by atoms with E-state index in [9.17, 15) is 4.79 Å². The number of rotatable bonds is 7. The van der Waals surface area contributed by atoms with Crippen LogP contribution < -0.4 is 11.5 Å². The van der Waals surface area contributed by atoms with Crippen molar-refractivity contribution in [3.05, 3.63) is 52.6 Å². The molecule has 0 heterocycles. The van der Waals surface area contributed by atoms with Crippen molar-refractivity contribution < 1.29 is 9.90 Å². The normalized spacial score (nSPS) is 12.5. The number of aliphatic hydroxyl groups is 1. The van der Waals surface area contributed by atoms with E-state index in [0.717, 1.165) is 24.0 Å². The molecule has 0 spiro atoms. The number of hydrogen-bond acceptors (Lipinski definition) is 3. The van der Waals surface area contributed by atoms with E-state index in [1.165, 1.54) is 5.57 Å². The first-order chi connectivity index (χ1) is 9.93. The molecule has 4 heteroatoms. The molecule has 4 nitrogen and oxygen atoms in total. The summed E-state index contributed by atoms with van der Waals surface area (Å²) in [6.07, 6.45) is 6.68. The molecule has 1 aromatic rings. The third-order valence-electron chi connectivity index (χ3n) is 3.38. The number of amides is 1. The zero-order valence-electron chi connectivity index (χ0n) is 12.7. The van der Waals surface area contributed by atoms with Crippen LogP contribution in [0.3, 0.4) is 0 Å². The minimum absolute atomic E-state index is 0.110. The first kappa shape index (κ1) is 17.0. The van der Waals surface area contributed by atoms with Gasteiger partial charge in [-0.1, -0.05) is 23.3 Å². The van der Waals surface area contributed by atoms with Crippen molar-refractivity contribution in [3.63, 3.8) is 0 Å². The van der Waals surface area contributed by atoms with Crippen LogP contribution in [0.15, 0.2) is 41.5 Å². The summed E-state index contributed by atoms with van der Waals surface area (Å²) in [7, 11) is 0. The molecule has 0 radical (unpaired) electrons. The van der Waals surface area contributed by atoms with E-state index >= 15 is 0 Å². The molecule has 0 unspecified atom stereocenters. The second-order valence-electron chi connectivity index (χ2n) is 5.28. The van der Waals surface area contributed by atoms with Crippen LogP contribution in [0, 0.1) is 0 Å². The summed E-state index contributed by atoms with van der Waals surface area (Å²) < 4.78 is 0. The van der Waals surface area contributed by atoms with Gasteiger partial charge < -0.3 is 16.6 Å². The van der Waals surface area contributed by atoms with Gasteiger partial charge in [0.25, 0.3) is 0 Å². The number of carbonyl (C=O) groups excluding carboxylic acids is 1. The molecule has 0 atom stereocenters. The van der Waals surface area contributed by atoms with Gasteiger partial charge in [-0.3, -0.25) is 4.79 Å². The van der Waals surface area contributed by atoms with E-state index in [4.69, 9.17) is 16.6 Å². The van der Waals surface area contributed by atoms with Gasteiger partial charge in [-0.2, -0.15) is 0 Å². The van der Waals surface area contributed by atoms with E-state index in [1.807, 2.05) is 13.0 Å². The Morgan fingerprint density at radius 2 is 1.95 bits per heavy atom. The van der Waals surface area contributed by atoms with Crippen molar-refractivity contribution in [2.24, 2.45) is 5.73 Å². The lowest BCUT2D eigenvalue weighted by Crippen LogP contribution is -2.11. The van der Waals surface area contributed by atoms with Crippen molar-refractivity contribution in [2.45, 2.75) is 33.1 Å². The van der Waals surface area contributed by atoms with E-state index in [0.29, 0.717) is 17.7 Å². The van der Waals surface area contributed by atoms with E-state index < -0.39 is 5.91 Å². The molecule has 0 aliphatic rings. The molecule has 0 fully saturated rings. The van der Waals surface area contributed by atoms with Crippen LogP contribution in [0.5, 0.6) is 0 Å². The van der Waals surface area contributed by atoms with Gasteiger partial charge in [-0.25, -0.2) is 0 Å². The lowest BCUT2D eigenvalue weighted by molar-refractivity contribution is 0.1000. The number of nitrogens with two attached hydrogens (primary N) is 2. The standard InChI is InChI=1S/C17H24N2O2/c1-12(4-3-5-13(2)11-20)6-7-14-10-15(17(19)21)8-9-16(14)18/h5-6,8-10,20H,3-4,7,11,18H2,1-2H3,(H2,19,21). The number of allylic oxidation sites excluding steroid dienone is 3. The monoisotopic (exact) mass is 288 g/mol. The average Bonchev–Trinajstić information content (AvgIpc) is 2.45. The van der Waals surface area contributed by atoms with E-state index in [-0.39, 0.29) is 6.61 Å². The molecule has 0 aromatic heterocycles. The van der Waals surface area contributed by atoms with Crippen LogP contribution in [0.1, 0.15) is 42.6 Å². The maximum Gasteiger partial charge on any atom is 0.248 e. The molecule has 5 N–H and O–H groups in total. The number of carbonyl (C=O) groups is 1. The predicted molar refractivity (Wildman–Crippen MR) is 86.9 cm³/mol. The van der Waals surface area contributed by atoms with Gasteiger partial charge in [0, 0.05) is 11.3 Å². The Balaban J connectivity index is 2.66. The number of aliphatic hydroxyl groups excluding tert-OH is 1. The third-order valence-corrected chi connectivity index (χ3v) is 3.38. The molecule has 114 valence electrons. The van der Waals surface area contributed by atoms with Crippen LogP contribution in [-0.4, -0.2) is 17.6 Å². The molecule has 1 aromatic carbocycles. The quantitative estimate of drug-likeness (QED) is 0.532. The lowest BCUT2D eigenvalue weighted by atomic mass is 10.0. The van der Waals surface area contributed by atoms with Crippen molar-refractivity contribution in [2.75, 3.05) is 12.3 Å². The summed E-state index contributed by atoms with van der Waals surface area (Å²) in [4.78, 5) is 11.2. The summed E-state index contributed by atoms with van der Waals surface area (Å²) in [5.74, 6) is -0.443. The van der Waals surface area contributed by atoms with Crippen LogP contribution in [0.4, 0.5) is 5.69 Å². The SMILES string of the molecule is CC(=CCCC(C)=CCc1cc(C(N)=O)ccc1N)CO. The molecule has 0 aliphatic heterocycles. The van der Waals surface area contributed by atoms with Gasteiger partial charge in [-0.15, -0.1) is 0 Å². The Hall–Kier alpha value is -2.07. The Morgan fingerprint density at radius 3 is 2.57 bits per heavy atom. The van der Waals surface area contributed by atoms with E-state index in [1.54, 1.807) is 18.2 Å². The Morgan fingerprint density at radius 1 is 1.24 bits per heavy atom. The molecule has 0 saturated carbocycles. The Bertz CT molecular complexity index is 560. The Kier molecular flexibility index (Phi) is 6.69. The van der Waals surface area contributed by atoms with Crippen LogP contribution in [-0.2, 0) is 6.42 Å². The summed E-state index contributed by atoms with van der Waals surface area (Å²) in [6, 6.07) is 5.10. The van der Waals surface area contributed by atoms with Crippen molar-refractivity contribution in [1.82, 2.24) is 0 Å². The smallest absolute Gasteiger partial charge is 0.248 e. The molecular formula is C17H24N2O2. The number of anilines is 1. The molecular weight excluding hydrogens is 264 g/mol. The molecule has 1 amide bonds. The highest BCUT2D eigenvalue weighted by molar-refractivity contribution is 5.93. The lowest BCUT2D eigenvalue weighted by Gasteiger charge is -2.06. The van der Waals surface area contributed by atoms with Gasteiger partial charge in [0.15, 0.2) is 0 Å². The maximum absolute atomic E-state index is 11.2. The zero-order valence-corrected chi connectivity index (χ0v) is 12.7. The summed E-state index contributed by atoms with van der Waals surface area (Å²) in [5.41, 5.74) is 15.5. The van der Waals surface area contributed by atoms with Gasteiger partial charge in [0.05, 0.1) is 6.61 Å². The fourth-order valence-corrected chi connectivity index (χ4v) is 1.93. The highest BCUT2D eigenvalue weighted by Crippen LogP contribution is 2.17. The first-order valence-corrected chi connectivity index (χ1v) is 7.04. The summed E-state index contributed by atoms with van der Waals surface area (Å²) in [5, 5.41) is 8.92. The van der Waals surface area contributed by atoms with Crippen LogP contribution in [0.2, 0.25) is 0 Å². The van der Waals surface area contributed by atoms with Crippen LogP contribution in [0.25, 0.3) is 0 Å². The summed E-state index contributed by atoms with van der Waals surface area (Å²) in [6.45, 7) is 4.09. The van der Waals surface area contributed by atoms with Gasteiger partial charge in [0.1, 0.15) is 0 Å². The molecule has 1 rings (SSSR count). The number of hydrogen-bond donors (Lipinski definition) is 3. The highest BCUT2D eigenvalue weighted by atomic mass is 16.3. The number of nitrogen functional groups attached to an aromatic ring is 1. The number of primary amides is 1. The zero-order chi connectivity index (χ0) is 15.8. The van der Waals surface area contributed by atoms with Gasteiger partial charge in [0.2, 0.25) is 5.91 Å². The number of benzene rings is 1. The summed E-state index contributed by atoms with van der Waals surface area (Å²) >= 11 is 0. The fraction of sp³-hybridized carbons (Fsp3) is 0.353. The Labute approximate surface area is 126 Å². The average molecular weight is 288 g/mol. The van der Waals surface area contributed by atoms with Gasteiger partial charge >= 0.3 is 0 Å². The van der Waals surface area contributed by atoms with Gasteiger partial charge in [-0.05, 0) is 56.9 Å². The largest absolute Gasteiger partial charge is 0.398 e. The van der Waals surface area contributed by atoms with Crippen molar-refractivity contribution in [1.29, 1.82) is 0 Å². The molecule has 0 bridgehead atoms. The second kappa shape index (κ2) is 8.27. The highest BCUT2D eigenvalue weighted by Gasteiger charge is 2.04. The van der Waals surface area contributed by atoms with Crippen molar-refractivity contribution >= 4 is 11.6 Å². The molecule has 0 aliphatic carbocycles. The third kappa shape index (κ3) is 5.83. The minimum atomic E-state index is -0.443. The first-order valence-electron chi connectivity index (χ1n) is 7.04.